The van der Waals surface area contributed by atoms with Gasteiger partial charge in [-0.15, -0.1) is 17.0 Å². The molecular formula is C9H11Br2NO. The Labute approximate surface area is 96.7 Å². The summed E-state index contributed by atoms with van der Waals surface area (Å²) in [5.74, 6) is 0.0839. The van der Waals surface area contributed by atoms with E-state index in [4.69, 9.17) is 0 Å². The minimum atomic E-state index is -0.139. The number of nitrogens with zero attached hydrogens (tertiary/aromatic N) is 1. The molecule has 4 heteroatoms. The Bertz CT molecular complexity index is 299. The van der Waals surface area contributed by atoms with Gasteiger partial charge in [0.2, 0.25) is 0 Å². The van der Waals surface area contributed by atoms with Crippen LogP contribution >= 0.6 is 32.9 Å². The number of hydrogen-bond acceptors (Lipinski definition) is 2. The van der Waals surface area contributed by atoms with E-state index in [1.165, 1.54) is 0 Å². The van der Waals surface area contributed by atoms with Gasteiger partial charge in [0.05, 0.1) is 4.83 Å². The first-order valence-electron chi connectivity index (χ1n) is 3.72. The smallest absolute Gasteiger partial charge is 0.177 e. The minimum Gasteiger partial charge on any atom is -0.293 e. The summed E-state index contributed by atoms with van der Waals surface area (Å²) < 4.78 is 0. The monoisotopic (exact) mass is 307 g/mol. The topological polar surface area (TPSA) is 30.0 Å². The highest BCUT2D eigenvalue weighted by molar-refractivity contribution is 9.10. The van der Waals surface area contributed by atoms with Crippen LogP contribution in [0, 0.1) is 6.92 Å². The van der Waals surface area contributed by atoms with Crippen molar-refractivity contribution in [2.75, 3.05) is 0 Å². The number of carbonyl (C=O) groups is 1. The zero-order chi connectivity index (χ0) is 9.14. The highest BCUT2D eigenvalue weighted by Gasteiger charge is 2.13. The van der Waals surface area contributed by atoms with E-state index in [0.717, 1.165) is 5.56 Å². The van der Waals surface area contributed by atoms with Gasteiger partial charge in [-0.25, -0.2) is 0 Å². The quantitative estimate of drug-likeness (QED) is 0.621. The van der Waals surface area contributed by atoms with Crippen LogP contribution in [0.2, 0.25) is 0 Å². The van der Waals surface area contributed by atoms with Gasteiger partial charge in [0.1, 0.15) is 0 Å². The van der Waals surface area contributed by atoms with Crippen molar-refractivity contribution >= 4 is 38.7 Å². The van der Waals surface area contributed by atoms with Crippen LogP contribution in [0.25, 0.3) is 0 Å². The van der Waals surface area contributed by atoms with Crippen molar-refractivity contribution in [3.8, 4) is 0 Å². The summed E-state index contributed by atoms with van der Waals surface area (Å²) >= 11 is 3.23. The summed E-state index contributed by atoms with van der Waals surface area (Å²) in [5.41, 5.74) is 1.67. The largest absolute Gasteiger partial charge is 0.293 e. The molecule has 0 bridgehead atoms. The molecule has 0 spiro atoms. The van der Waals surface area contributed by atoms with Crippen LogP contribution in [0.4, 0.5) is 0 Å². The van der Waals surface area contributed by atoms with Gasteiger partial charge in [-0.3, -0.25) is 9.78 Å². The van der Waals surface area contributed by atoms with Gasteiger partial charge in [0.15, 0.2) is 5.78 Å². The van der Waals surface area contributed by atoms with Gasteiger partial charge < -0.3 is 0 Å². The van der Waals surface area contributed by atoms with Gasteiger partial charge in [-0.05, 0) is 25.5 Å². The van der Waals surface area contributed by atoms with Crippen LogP contribution in [0.5, 0.6) is 0 Å². The lowest BCUT2D eigenvalue weighted by atomic mass is 10.1. The molecule has 0 N–H and O–H groups in total. The molecule has 1 aromatic heterocycles. The first kappa shape index (κ1) is 12.8. The van der Waals surface area contributed by atoms with Gasteiger partial charge >= 0.3 is 0 Å². The van der Waals surface area contributed by atoms with Crippen LogP contribution in [-0.4, -0.2) is 15.6 Å². The molecule has 2 nitrogen and oxygen atoms in total. The van der Waals surface area contributed by atoms with Crippen molar-refractivity contribution in [3.05, 3.63) is 29.6 Å². The number of aryl methyl sites for hydroxylation is 1. The maximum Gasteiger partial charge on any atom is 0.177 e. The standard InChI is InChI=1S/C9H10BrNO.BrH/c1-6-3-4-11-5-8(6)9(12)7(2)10;/h3-5,7H,1-2H3;1H. The van der Waals surface area contributed by atoms with Gasteiger partial charge in [0.25, 0.3) is 0 Å². The lowest BCUT2D eigenvalue weighted by molar-refractivity contribution is 0.0995. The van der Waals surface area contributed by atoms with E-state index < -0.39 is 0 Å². The van der Waals surface area contributed by atoms with Crippen molar-refractivity contribution in [1.82, 2.24) is 4.98 Å². The van der Waals surface area contributed by atoms with Crippen molar-refractivity contribution < 1.29 is 4.79 Å². The number of alkyl halides is 1. The zero-order valence-corrected chi connectivity index (χ0v) is 10.8. The van der Waals surface area contributed by atoms with E-state index in [1.807, 2.05) is 19.9 Å². The van der Waals surface area contributed by atoms with E-state index in [2.05, 4.69) is 20.9 Å². The van der Waals surface area contributed by atoms with Crippen molar-refractivity contribution in [2.45, 2.75) is 18.7 Å². The molecule has 0 radical (unpaired) electrons. The average Bonchev–Trinajstić information content (AvgIpc) is 2.04. The Hall–Kier alpha value is -0.220. The molecule has 0 fully saturated rings. The molecule has 13 heavy (non-hydrogen) atoms. The lowest BCUT2D eigenvalue weighted by Crippen LogP contribution is -2.11. The van der Waals surface area contributed by atoms with Crippen LogP contribution in [-0.2, 0) is 0 Å². The summed E-state index contributed by atoms with van der Waals surface area (Å²) in [4.78, 5) is 15.2. The summed E-state index contributed by atoms with van der Waals surface area (Å²) in [6.07, 6.45) is 3.29. The number of pyridine rings is 1. The third-order valence-corrected chi connectivity index (χ3v) is 2.08. The van der Waals surface area contributed by atoms with Crippen molar-refractivity contribution in [2.24, 2.45) is 0 Å². The third kappa shape index (κ3) is 3.19. The summed E-state index contributed by atoms with van der Waals surface area (Å²) in [7, 11) is 0. The molecule has 1 heterocycles. The molecule has 0 aromatic carbocycles. The van der Waals surface area contributed by atoms with Crippen molar-refractivity contribution in [3.63, 3.8) is 0 Å². The zero-order valence-electron chi connectivity index (χ0n) is 7.45. The maximum absolute atomic E-state index is 11.5. The highest BCUT2D eigenvalue weighted by Crippen LogP contribution is 2.12. The van der Waals surface area contributed by atoms with Crippen LogP contribution in [0.15, 0.2) is 18.5 Å². The fourth-order valence-corrected chi connectivity index (χ4v) is 1.18. The Morgan fingerprint density at radius 3 is 2.69 bits per heavy atom. The second kappa shape index (κ2) is 5.50. The molecule has 0 aliphatic rings. The molecule has 72 valence electrons. The molecule has 1 atom stereocenters. The van der Waals surface area contributed by atoms with E-state index in [0.29, 0.717) is 5.56 Å². The highest BCUT2D eigenvalue weighted by atomic mass is 79.9. The molecular weight excluding hydrogens is 298 g/mol. The normalized spacial score (nSPS) is 11.6. The first-order valence-corrected chi connectivity index (χ1v) is 4.63. The van der Waals surface area contributed by atoms with Crippen LogP contribution in [0.3, 0.4) is 0 Å². The van der Waals surface area contributed by atoms with Crippen LogP contribution in [0.1, 0.15) is 22.8 Å². The van der Waals surface area contributed by atoms with Gasteiger partial charge in [0, 0.05) is 18.0 Å². The van der Waals surface area contributed by atoms with Crippen molar-refractivity contribution in [1.29, 1.82) is 0 Å². The first-order chi connectivity index (χ1) is 5.63. The summed E-state index contributed by atoms with van der Waals surface area (Å²) in [6.45, 7) is 3.72. The molecule has 0 saturated carbocycles. The van der Waals surface area contributed by atoms with E-state index in [9.17, 15) is 4.79 Å². The molecule has 0 amide bonds. The Kier molecular flexibility index (Phi) is 5.40. The number of ketones is 1. The summed E-state index contributed by atoms with van der Waals surface area (Å²) in [5, 5.41) is 0. The molecule has 0 aliphatic carbocycles. The van der Waals surface area contributed by atoms with Gasteiger partial charge in [-0.2, -0.15) is 0 Å². The minimum absolute atomic E-state index is 0. The van der Waals surface area contributed by atoms with E-state index in [-0.39, 0.29) is 27.6 Å². The molecule has 0 saturated heterocycles. The Balaban J connectivity index is 0.00000144. The van der Waals surface area contributed by atoms with Gasteiger partial charge in [-0.1, -0.05) is 15.9 Å². The molecule has 1 rings (SSSR count). The SMILES string of the molecule is Br.Cc1ccncc1C(=O)C(C)Br. The second-order valence-electron chi connectivity index (χ2n) is 2.67. The maximum atomic E-state index is 11.5. The fraction of sp³-hybridized carbons (Fsp3) is 0.333. The third-order valence-electron chi connectivity index (χ3n) is 1.67. The molecule has 1 aromatic rings. The van der Waals surface area contributed by atoms with Crippen LogP contribution < -0.4 is 0 Å². The number of aromatic nitrogens is 1. The predicted octanol–water partition coefficient (Wildman–Crippen LogP) is 2.93. The predicted molar refractivity (Wildman–Crippen MR) is 62.0 cm³/mol. The number of rotatable bonds is 2. The fourth-order valence-electron chi connectivity index (χ4n) is 0.936. The lowest BCUT2D eigenvalue weighted by Gasteiger charge is -2.04. The average molecular weight is 309 g/mol. The number of carbonyl (C=O) groups excluding carboxylic acids is 1. The summed E-state index contributed by atoms with van der Waals surface area (Å²) in [6, 6.07) is 1.84. The Morgan fingerprint density at radius 1 is 1.62 bits per heavy atom. The number of Topliss-reactive ketones (excluding diaryl/α,β-unsaturated/α-hetero) is 1. The molecule has 0 aliphatic heterocycles. The molecule has 1 unspecified atom stereocenters. The van der Waals surface area contributed by atoms with E-state index >= 15 is 0 Å². The number of hydrogen-bond donors (Lipinski definition) is 0. The number of halogens is 2. The van der Waals surface area contributed by atoms with E-state index in [1.54, 1.807) is 12.4 Å². The second-order valence-corrected chi connectivity index (χ2v) is 4.04. The Morgan fingerprint density at radius 2 is 2.23 bits per heavy atom.